The normalized spacial score (nSPS) is 10.4. The summed E-state index contributed by atoms with van der Waals surface area (Å²) in [7, 11) is 0. The third-order valence-electron chi connectivity index (χ3n) is 2.19. The lowest BCUT2D eigenvalue weighted by Crippen LogP contribution is -2.03. The van der Waals surface area contributed by atoms with Crippen LogP contribution in [0.5, 0.6) is 0 Å². The average Bonchev–Trinajstić information content (AvgIpc) is 2.36. The molecule has 0 radical (unpaired) electrons. The molecule has 0 aliphatic rings. The zero-order valence-electron chi connectivity index (χ0n) is 12.3. The summed E-state index contributed by atoms with van der Waals surface area (Å²) in [5.41, 5.74) is 2.52. The number of aliphatic carboxylic acids is 1. The fourth-order valence-corrected chi connectivity index (χ4v) is 1.34. The number of hydrogen-bond acceptors (Lipinski definition) is 2. The highest BCUT2D eigenvalue weighted by Gasteiger charge is 2.06. The molecule has 0 aromatic heterocycles. The lowest BCUT2D eigenvalue weighted by molar-refractivity contribution is -0.136. The highest BCUT2D eigenvalue weighted by Crippen LogP contribution is 2.17. The van der Waals surface area contributed by atoms with Crippen LogP contribution < -0.4 is 0 Å². The lowest BCUT2D eigenvalue weighted by Gasteiger charge is -2.08. The van der Waals surface area contributed by atoms with Crippen LogP contribution in [-0.2, 0) is 11.2 Å². The van der Waals surface area contributed by atoms with Gasteiger partial charge in [-0.3, -0.25) is 4.79 Å². The number of aliphatic hydroxyl groups is 1. The lowest BCUT2D eigenvalue weighted by atomic mass is 10.0. The van der Waals surface area contributed by atoms with Crippen LogP contribution in [0.25, 0.3) is 0 Å². The molecule has 18 heavy (non-hydrogen) atoms. The molecule has 0 fully saturated rings. The second-order valence-corrected chi connectivity index (χ2v) is 3.43. The predicted octanol–water partition coefficient (Wildman–Crippen LogP) is 3.73. The van der Waals surface area contributed by atoms with Gasteiger partial charge in [0, 0.05) is 0 Å². The Kier molecular flexibility index (Phi) is 11.4. The summed E-state index contributed by atoms with van der Waals surface area (Å²) in [6, 6.07) is 5.34. The zero-order valence-corrected chi connectivity index (χ0v) is 12.3. The van der Waals surface area contributed by atoms with E-state index in [2.05, 4.69) is 0 Å². The van der Waals surface area contributed by atoms with Crippen molar-refractivity contribution in [3.8, 4) is 0 Å². The molecule has 104 valence electrons. The molecule has 0 amide bonds. The minimum atomic E-state index is -0.835. The smallest absolute Gasteiger partial charge is 0.307 e. The minimum Gasteiger partial charge on any atom is -0.481 e. The van der Waals surface area contributed by atoms with Crippen LogP contribution in [-0.4, -0.2) is 16.2 Å². The van der Waals surface area contributed by atoms with Crippen molar-refractivity contribution < 1.29 is 15.0 Å². The monoisotopic (exact) mass is 254 g/mol. The van der Waals surface area contributed by atoms with E-state index >= 15 is 0 Å². The van der Waals surface area contributed by atoms with Crippen molar-refractivity contribution in [2.75, 3.05) is 0 Å². The van der Waals surface area contributed by atoms with Crippen LogP contribution in [0.3, 0.4) is 0 Å². The van der Waals surface area contributed by atoms with Crippen molar-refractivity contribution in [3.63, 3.8) is 0 Å². The summed E-state index contributed by atoms with van der Waals surface area (Å²) in [4.78, 5) is 10.5. The first-order chi connectivity index (χ1) is 8.50. The molecule has 3 heteroatoms. The molecule has 0 bridgehead atoms. The Morgan fingerprint density at radius 1 is 1.22 bits per heavy atom. The fourth-order valence-electron chi connectivity index (χ4n) is 1.34. The van der Waals surface area contributed by atoms with Crippen LogP contribution in [0.15, 0.2) is 18.2 Å². The number of carboxylic acid groups (broad SMARTS) is 1. The van der Waals surface area contributed by atoms with Gasteiger partial charge in [-0.1, -0.05) is 45.9 Å². The van der Waals surface area contributed by atoms with Gasteiger partial charge >= 0.3 is 5.97 Å². The van der Waals surface area contributed by atoms with Gasteiger partial charge in [0.2, 0.25) is 0 Å². The topological polar surface area (TPSA) is 57.5 Å². The summed E-state index contributed by atoms with van der Waals surface area (Å²) in [6.45, 7) is 11.5. The van der Waals surface area contributed by atoms with E-state index in [1.54, 1.807) is 19.1 Å². The van der Waals surface area contributed by atoms with Gasteiger partial charge in [-0.2, -0.15) is 0 Å². The van der Waals surface area contributed by atoms with E-state index in [9.17, 15) is 9.90 Å². The molecule has 0 aliphatic carbocycles. The van der Waals surface area contributed by atoms with Gasteiger partial charge in [-0.05, 0) is 30.5 Å². The molecular weight excluding hydrogens is 228 g/mol. The number of hydrogen-bond donors (Lipinski definition) is 2. The van der Waals surface area contributed by atoms with Crippen molar-refractivity contribution in [1.82, 2.24) is 0 Å². The molecule has 0 saturated carbocycles. The Hall–Kier alpha value is -1.35. The SMILES string of the molecule is CC.CC.Cc1cc(C(C)O)ccc1CC(=O)O. The van der Waals surface area contributed by atoms with Crippen LogP contribution in [0, 0.1) is 6.92 Å². The molecule has 3 nitrogen and oxygen atoms in total. The minimum absolute atomic E-state index is 0.0337. The van der Waals surface area contributed by atoms with Gasteiger partial charge in [0.25, 0.3) is 0 Å². The zero-order chi connectivity index (χ0) is 14.7. The van der Waals surface area contributed by atoms with Gasteiger partial charge in [-0.25, -0.2) is 0 Å². The maximum atomic E-state index is 10.5. The molecule has 1 aromatic rings. The van der Waals surface area contributed by atoms with Gasteiger partial charge < -0.3 is 10.2 Å². The van der Waals surface area contributed by atoms with Crippen LogP contribution in [0.4, 0.5) is 0 Å². The van der Waals surface area contributed by atoms with E-state index in [4.69, 9.17) is 5.11 Å². The van der Waals surface area contributed by atoms with E-state index in [1.807, 2.05) is 40.7 Å². The molecule has 1 aromatic carbocycles. The summed E-state index contributed by atoms with van der Waals surface area (Å²) in [5.74, 6) is -0.835. The Labute approximate surface area is 110 Å². The molecule has 0 spiro atoms. The molecule has 0 aliphatic heterocycles. The quantitative estimate of drug-likeness (QED) is 0.864. The largest absolute Gasteiger partial charge is 0.481 e. The summed E-state index contributed by atoms with van der Waals surface area (Å²) in [6.07, 6.45) is -0.473. The third-order valence-corrected chi connectivity index (χ3v) is 2.19. The number of benzene rings is 1. The van der Waals surface area contributed by atoms with Crippen LogP contribution in [0.2, 0.25) is 0 Å². The average molecular weight is 254 g/mol. The van der Waals surface area contributed by atoms with Crippen molar-refractivity contribution in [1.29, 1.82) is 0 Å². The van der Waals surface area contributed by atoms with E-state index in [1.165, 1.54) is 0 Å². The first kappa shape index (κ1) is 19.0. The number of carbonyl (C=O) groups is 1. The van der Waals surface area contributed by atoms with Gasteiger partial charge in [-0.15, -0.1) is 0 Å². The van der Waals surface area contributed by atoms with Gasteiger partial charge in [0.05, 0.1) is 12.5 Å². The fraction of sp³-hybridized carbons (Fsp3) is 0.533. The predicted molar refractivity (Wildman–Crippen MR) is 75.8 cm³/mol. The van der Waals surface area contributed by atoms with E-state index < -0.39 is 12.1 Å². The molecule has 1 unspecified atom stereocenters. The van der Waals surface area contributed by atoms with Crippen molar-refractivity contribution in [3.05, 3.63) is 34.9 Å². The van der Waals surface area contributed by atoms with E-state index in [0.717, 1.165) is 16.7 Å². The van der Waals surface area contributed by atoms with Gasteiger partial charge in [0.1, 0.15) is 0 Å². The van der Waals surface area contributed by atoms with Crippen molar-refractivity contribution in [2.24, 2.45) is 0 Å². The maximum absolute atomic E-state index is 10.5. The second-order valence-electron chi connectivity index (χ2n) is 3.43. The Balaban J connectivity index is 0. The number of aliphatic hydroxyl groups excluding tert-OH is 1. The summed E-state index contributed by atoms with van der Waals surface area (Å²) in [5, 5.41) is 17.9. The highest BCUT2D eigenvalue weighted by atomic mass is 16.4. The third kappa shape index (κ3) is 7.07. The Morgan fingerprint density at radius 3 is 2.06 bits per heavy atom. The van der Waals surface area contributed by atoms with Crippen molar-refractivity contribution in [2.45, 2.75) is 54.1 Å². The number of aryl methyl sites for hydroxylation is 1. The molecular formula is C15H26O3. The summed E-state index contributed by atoms with van der Waals surface area (Å²) < 4.78 is 0. The molecule has 1 rings (SSSR count). The second kappa shape index (κ2) is 10.8. The van der Waals surface area contributed by atoms with Crippen LogP contribution in [0.1, 0.15) is 57.4 Å². The standard InChI is InChI=1S/C11H14O3.2C2H6/c1-7-5-10(8(2)12)4-3-9(7)6-11(13)14;2*1-2/h3-5,8,12H,6H2,1-2H3,(H,13,14);2*1-2H3. The molecule has 2 N–H and O–H groups in total. The first-order valence-electron chi connectivity index (χ1n) is 6.50. The number of carboxylic acids is 1. The van der Waals surface area contributed by atoms with Crippen LogP contribution >= 0.6 is 0 Å². The van der Waals surface area contributed by atoms with Gasteiger partial charge in [0.15, 0.2) is 0 Å². The number of rotatable bonds is 3. The highest BCUT2D eigenvalue weighted by molar-refractivity contribution is 5.70. The first-order valence-corrected chi connectivity index (χ1v) is 6.50. The Morgan fingerprint density at radius 2 is 1.72 bits per heavy atom. The maximum Gasteiger partial charge on any atom is 0.307 e. The molecule has 0 heterocycles. The summed E-state index contributed by atoms with van der Waals surface area (Å²) >= 11 is 0. The van der Waals surface area contributed by atoms with E-state index in [0.29, 0.717) is 0 Å². The van der Waals surface area contributed by atoms with Crippen molar-refractivity contribution >= 4 is 5.97 Å². The Bertz CT molecular complexity index is 344. The molecule has 0 saturated heterocycles. The van der Waals surface area contributed by atoms with E-state index in [-0.39, 0.29) is 6.42 Å². The molecule has 1 atom stereocenters.